The van der Waals surface area contributed by atoms with Crippen LogP contribution in [0.3, 0.4) is 0 Å². The first-order valence-corrected chi connectivity index (χ1v) is 11.4. The van der Waals surface area contributed by atoms with Crippen molar-refractivity contribution in [3.05, 3.63) is 65.7 Å². The molecule has 5 rings (SSSR count). The molecule has 0 radical (unpaired) electrons. The van der Waals surface area contributed by atoms with Gasteiger partial charge in [0.1, 0.15) is 5.56 Å². The predicted octanol–water partition coefficient (Wildman–Crippen LogP) is 3.77. The molecule has 3 N–H and O–H groups in total. The Morgan fingerprint density at radius 3 is 2.86 bits per heavy atom. The summed E-state index contributed by atoms with van der Waals surface area (Å²) in [5, 5.41) is 6.91. The fourth-order valence-corrected chi connectivity index (χ4v) is 4.28. The van der Waals surface area contributed by atoms with E-state index in [0.717, 1.165) is 31.2 Å². The van der Waals surface area contributed by atoms with E-state index in [2.05, 4.69) is 20.4 Å². The number of amides is 1. The molecule has 3 heterocycles. The molecule has 1 aromatic carbocycles. The van der Waals surface area contributed by atoms with E-state index >= 15 is 0 Å². The van der Waals surface area contributed by atoms with Crippen molar-refractivity contribution in [2.45, 2.75) is 38.3 Å². The Hall–Kier alpha value is -4.21. The van der Waals surface area contributed by atoms with Crippen molar-refractivity contribution in [1.29, 1.82) is 0 Å². The number of anilines is 1. The van der Waals surface area contributed by atoms with Gasteiger partial charge in [-0.2, -0.15) is 4.98 Å². The Labute approximate surface area is 201 Å². The molecule has 0 atom stereocenters. The number of carbonyl (C=O) groups is 1. The number of hydrogen-bond donors (Lipinski definition) is 2. The Morgan fingerprint density at radius 2 is 2.06 bits per heavy atom. The van der Waals surface area contributed by atoms with Crippen LogP contribution in [0.2, 0.25) is 0 Å². The van der Waals surface area contributed by atoms with E-state index in [1.807, 2.05) is 6.07 Å². The monoisotopic (exact) mass is 476 g/mol. The van der Waals surface area contributed by atoms with Crippen LogP contribution in [0.25, 0.3) is 16.8 Å². The summed E-state index contributed by atoms with van der Waals surface area (Å²) in [6, 6.07) is 10.0. The van der Waals surface area contributed by atoms with Gasteiger partial charge in [-0.15, -0.1) is 5.10 Å². The molecule has 10 heteroatoms. The summed E-state index contributed by atoms with van der Waals surface area (Å²) in [6.07, 6.45) is 7.30. The number of aromatic nitrogens is 4. The molecule has 0 saturated heterocycles. The average Bonchev–Trinajstić information content (AvgIpc) is 3.51. The molecule has 1 saturated carbocycles. The van der Waals surface area contributed by atoms with Crippen LogP contribution in [-0.4, -0.2) is 38.7 Å². The van der Waals surface area contributed by atoms with Gasteiger partial charge in [0, 0.05) is 30.1 Å². The number of nitrogens with one attached hydrogen (secondary N) is 1. The first-order valence-electron chi connectivity index (χ1n) is 11.4. The highest BCUT2D eigenvalue weighted by atomic mass is 19.1. The van der Waals surface area contributed by atoms with Crippen LogP contribution in [-0.2, 0) is 6.54 Å². The molecule has 35 heavy (non-hydrogen) atoms. The molecule has 0 bridgehead atoms. The minimum atomic E-state index is -0.436. The maximum atomic E-state index is 14.5. The second-order valence-electron chi connectivity index (χ2n) is 8.40. The number of pyridine rings is 2. The maximum absolute atomic E-state index is 14.5. The third kappa shape index (κ3) is 4.72. The van der Waals surface area contributed by atoms with Gasteiger partial charge >= 0.3 is 0 Å². The number of ether oxygens (including phenoxy) is 2. The SMILES string of the molecule is COc1ncc(-c2ccn3nc(N)nc3c2)cc1C(=O)NCc1cccc(F)c1OC1CCCC1. The number of para-hydroxylation sites is 1. The Morgan fingerprint density at radius 1 is 1.23 bits per heavy atom. The van der Waals surface area contributed by atoms with Crippen LogP contribution in [0.1, 0.15) is 41.6 Å². The lowest BCUT2D eigenvalue weighted by molar-refractivity contribution is 0.0946. The molecule has 1 aliphatic rings. The second kappa shape index (κ2) is 9.57. The standard InChI is InChI=1S/C25H25FN6O3/c1-34-24-19(11-17(14-29-24)15-9-10-32-21(12-15)30-25(27)31-32)23(33)28-13-16-5-4-8-20(26)22(16)35-18-6-2-3-7-18/h4-5,8-12,14,18H,2-3,6-7,13H2,1H3,(H2,27,31)(H,28,33). The fourth-order valence-electron chi connectivity index (χ4n) is 4.28. The minimum absolute atomic E-state index is 0.000274. The first-order chi connectivity index (χ1) is 17.0. The van der Waals surface area contributed by atoms with Crippen molar-refractivity contribution < 1.29 is 18.7 Å². The number of hydrogen-bond acceptors (Lipinski definition) is 7. The number of rotatable bonds is 7. The molecular formula is C25H25FN6O3. The molecule has 4 aromatic rings. The lowest BCUT2D eigenvalue weighted by atomic mass is 10.1. The summed E-state index contributed by atoms with van der Waals surface area (Å²) < 4.78 is 27.4. The second-order valence-corrected chi connectivity index (χ2v) is 8.40. The highest BCUT2D eigenvalue weighted by Crippen LogP contribution is 2.30. The first kappa shape index (κ1) is 22.6. The summed E-state index contributed by atoms with van der Waals surface area (Å²) in [5.74, 6) is -0.293. The third-order valence-corrected chi connectivity index (χ3v) is 6.05. The van der Waals surface area contributed by atoms with Gasteiger partial charge in [-0.05, 0) is 55.5 Å². The van der Waals surface area contributed by atoms with Gasteiger partial charge in [-0.1, -0.05) is 12.1 Å². The van der Waals surface area contributed by atoms with Crippen molar-refractivity contribution in [1.82, 2.24) is 24.9 Å². The molecule has 3 aromatic heterocycles. The highest BCUT2D eigenvalue weighted by molar-refractivity contribution is 5.97. The summed E-state index contributed by atoms with van der Waals surface area (Å²) in [4.78, 5) is 21.6. The molecule has 180 valence electrons. The Kier molecular flexibility index (Phi) is 6.17. The molecule has 0 aliphatic heterocycles. The minimum Gasteiger partial charge on any atom is -0.487 e. The Bertz CT molecular complexity index is 1380. The van der Waals surface area contributed by atoms with Crippen LogP contribution in [0, 0.1) is 5.82 Å². The summed E-state index contributed by atoms with van der Waals surface area (Å²) >= 11 is 0. The van der Waals surface area contributed by atoms with E-state index in [1.165, 1.54) is 13.2 Å². The molecule has 9 nitrogen and oxygen atoms in total. The number of fused-ring (bicyclic) bond motifs is 1. The number of nitrogens with zero attached hydrogens (tertiary/aromatic N) is 4. The van der Waals surface area contributed by atoms with Crippen molar-refractivity contribution in [3.63, 3.8) is 0 Å². The van der Waals surface area contributed by atoms with Gasteiger partial charge in [0.2, 0.25) is 11.8 Å². The quantitative estimate of drug-likeness (QED) is 0.417. The van der Waals surface area contributed by atoms with E-state index in [-0.39, 0.29) is 35.8 Å². The van der Waals surface area contributed by atoms with Gasteiger partial charge < -0.3 is 20.5 Å². The number of methoxy groups -OCH3 is 1. The predicted molar refractivity (Wildman–Crippen MR) is 128 cm³/mol. The lowest BCUT2D eigenvalue weighted by Crippen LogP contribution is -2.24. The van der Waals surface area contributed by atoms with E-state index in [4.69, 9.17) is 15.2 Å². The van der Waals surface area contributed by atoms with E-state index in [9.17, 15) is 9.18 Å². The van der Waals surface area contributed by atoms with Gasteiger partial charge in [0.15, 0.2) is 17.2 Å². The van der Waals surface area contributed by atoms with Crippen LogP contribution in [0.4, 0.5) is 10.3 Å². The molecule has 1 amide bonds. The third-order valence-electron chi connectivity index (χ3n) is 6.05. The lowest BCUT2D eigenvalue weighted by Gasteiger charge is -2.18. The summed E-state index contributed by atoms with van der Waals surface area (Å²) in [5.41, 5.74) is 8.54. The van der Waals surface area contributed by atoms with Crippen molar-refractivity contribution >= 4 is 17.5 Å². The van der Waals surface area contributed by atoms with Crippen LogP contribution in [0.15, 0.2) is 48.8 Å². The average molecular weight is 477 g/mol. The van der Waals surface area contributed by atoms with Crippen LogP contribution in [0.5, 0.6) is 11.6 Å². The van der Waals surface area contributed by atoms with Crippen LogP contribution >= 0.6 is 0 Å². The zero-order valence-corrected chi connectivity index (χ0v) is 19.2. The molecule has 0 spiro atoms. The molecular weight excluding hydrogens is 451 g/mol. The molecule has 1 aliphatic carbocycles. The zero-order chi connectivity index (χ0) is 24.4. The van der Waals surface area contributed by atoms with Crippen LogP contribution < -0.4 is 20.5 Å². The molecule has 0 unspecified atom stereocenters. The van der Waals surface area contributed by atoms with Gasteiger partial charge in [0.05, 0.1) is 13.2 Å². The van der Waals surface area contributed by atoms with Crippen molar-refractivity contribution in [2.24, 2.45) is 0 Å². The molecule has 1 fully saturated rings. The largest absolute Gasteiger partial charge is 0.487 e. The zero-order valence-electron chi connectivity index (χ0n) is 19.2. The Balaban J connectivity index is 1.38. The highest BCUT2D eigenvalue weighted by Gasteiger charge is 2.21. The van der Waals surface area contributed by atoms with E-state index < -0.39 is 11.7 Å². The van der Waals surface area contributed by atoms with Gasteiger partial charge in [-0.3, -0.25) is 4.79 Å². The number of nitrogen functional groups attached to an aromatic ring is 1. The summed E-state index contributed by atoms with van der Waals surface area (Å²) in [6.45, 7) is 0.0943. The van der Waals surface area contributed by atoms with Crippen molar-refractivity contribution in [3.8, 4) is 22.8 Å². The van der Waals surface area contributed by atoms with E-state index in [0.29, 0.717) is 16.8 Å². The van der Waals surface area contributed by atoms with Gasteiger partial charge in [-0.25, -0.2) is 13.9 Å². The fraction of sp³-hybridized carbons (Fsp3) is 0.280. The smallest absolute Gasteiger partial charge is 0.257 e. The number of nitrogens with two attached hydrogens (primary N) is 1. The van der Waals surface area contributed by atoms with Crippen molar-refractivity contribution in [2.75, 3.05) is 12.8 Å². The summed E-state index contributed by atoms with van der Waals surface area (Å²) in [7, 11) is 1.45. The number of halogens is 1. The normalized spacial score (nSPS) is 13.8. The maximum Gasteiger partial charge on any atom is 0.257 e. The van der Waals surface area contributed by atoms with Gasteiger partial charge in [0.25, 0.3) is 5.91 Å². The topological polar surface area (TPSA) is 117 Å². The number of benzene rings is 1. The number of carbonyl (C=O) groups excluding carboxylic acids is 1. The van der Waals surface area contributed by atoms with E-state index in [1.54, 1.807) is 41.2 Å².